The summed E-state index contributed by atoms with van der Waals surface area (Å²) >= 11 is 0. The Morgan fingerprint density at radius 1 is 1.03 bits per heavy atom. The number of anilines is 1. The summed E-state index contributed by atoms with van der Waals surface area (Å²) in [6, 6.07) is 23.7. The van der Waals surface area contributed by atoms with Crippen LogP contribution >= 0.6 is 0 Å². The van der Waals surface area contributed by atoms with Crippen molar-refractivity contribution < 1.29 is 9.53 Å². The molecule has 0 unspecified atom stereocenters. The number of carbonyl (C=O) groups excluding carboxylic acids is 1. The molecule has 3 aromatic rings. The van der Waals surface area contributed by atoms with Crippen molar-refractivity contribution in [2.75, 3.05) is 38.2 Å². The Hall–Kier alpha value is -3.82. The van der Waals surface area contributed by atoms with Crippen molar-refractivity contribution in [2.45, 2.75) is 6.54 Å². The van der Waals surface area contributed by atoms with E-state index in [1.807, 2.05) is 30.3 Å². The van der Waals surface area contributed by atoms with E-state index in [2.05, 4.69) is 40.1 Å². The molecule has 1 saturated heterocycles. The van der Waals surface area contributed by atoms with Crippen LogP contribution in [0.5, 0.6) is 5.75 Å². The van der Waals surface area contributed by atoms with Gasteiger partial charge in [0.1, 0.15) is 5.75 Å². The van der Waals surface area contributed by atoms with E-state index < -0.39 is 5.91 Å². The third-order valence-electron chi connectivity index (χ3n) is 5.89. The van der Waals surface area contributed by atoms with Crippen LogP contribution in [0.1, 0.15) is 21.5 Å². The smallest absolute Gasteiger partial charge is 0.248 e. The van der Waals surface area contributed by atoms with E-state index in [-0.39, 0.29) is 0 Å². The minimum Gasteiger partial charge on any atom is -0.495 e. The van der Waals surface area contributed by atoms with Crippen LogP contribution < -0.4 is 15.4 Å². The lowest BCUT2D eigenvalue weighted by Crippen LogP contribution is -2.46. The standard InChI is InChI=1S/C26H26N4O2/c1-32-25-11-10-21(26(28)31)16-24(25)30-14-12-29(13-15-30)18-19-6-8-20(9-7-19)23-5-3-2-4-22(23)17-27/h2-11,16H,12-15,18H2,1H3,(H2,28,31). The highest BCUT2D eigenvalue weighted by atomic mass is 16.5. The second kappa shape index (κ2) is 9.54. The van der Waals surface area contributed by atoms with E-state index in [0.717, 1.165) is 55.3 Å². The van der Waals surface area contributed by atoms with Gasteiger partial charge in [-0.25, -0.2) is 0 Å². The number of hydrogen-bond acceptors (Lipinski definition) is 5. The van der Waals surface area contributed by atoms with E-state index in [0.29, 0.717) is 11.1 Å². The largest absolute Gasteiger partial charge is 0.495 e. The van der Waals surface area contributed by atoms with E-state index in [1.165, 1.54) is 5.56 Å². The number of ether oxygens (including phenoxy) is 1. The molecule has 4 rings (SSSR count). The normalized spacial score (nSPS) is 14.1. The van der Waals surface area contributed by atoms with Crippen LogP contribution in [0.25, 0.3) is 11.1 Å². The number of methoxy groups -OCH3 is 1. The predicted molar refractivity (Wildman–Crippen MR) is 126 cm³/mol. The number of carbonyl (C=O) groups is 1. The molecule has 0 saturated carbocycles. The van der Waals surface area contributed by atoms with Gasteiger partial charge in [0, 0.05) is 38.3 Å². The Bertz CT molecular complexity index is 1140. The molecule has 32 heavy (non-hydrogen) atoms. The Morgan fingerprint density at radius 2 is 1.75 bits per heavy atom. The lowest BCUT2D eigenvalue weighted by molar-refractivity contribution is 0.1000. The van der Waals surface area contributed by atoms with Gasteiger partial charge in [-0.1, -0.05) is 42.5 Å². The minimum absolute atomic E-state index is 0.437. The van der Waals surface area contributed by atoms with Gasteiger partial charge in [-0.15, -0.1) is 0 Å². The number of hydrogen-bond donors (Lipinski definition) is 1. The molecule has 0 atom stereocenters. The van der Waals surface area contributed by atoms with Crippen molar-refractivity contribution in [3.8, 4) is 22.9 Å². The van der Waals surface area contributed by atoms with Crippen LogP contribution in [0.4, 0.5) is 5.69 Å². The van der Waals surface area contributed by atoms with Gasteiger partial charge in [0.2, 0.25) is 5.91 Å². The summed E-state index contributed by atoms with van der Waals surface area (Å²) in [6.45, 7) is 4.36. The molecule has 1 amide bonds. The summed E-state index contributed by atoms with van der Waals surface area (Å²) < 4.78 is 5.49. The van der Waals surface area contributed by atoms with Crippen LogP contribution in [0.2, 0.25) is 0 Å². The molecule has 0 aromatic heterocycles. The first-order valence-electron chi connectivity index (χ1n) is 10.6. The maximum absolute atomic E-state index is 11.6. The molecule has 6 heteroatoms. The highest BCUT2D eigenvalue weighted by molar-refractivity contribution is 5.94. The lowest BCUT2D eigenvalue weighted by Gasteiger charge is -2.36. The number of benzene rings is 3. The summed E-state index contributed by atoms with van der Waals surface area (Å²) in [6.07, 6.45) is 0. The van der Waals surface area contributed by atoms with Gasteiger partial charge in [0.05, 0.1) is 24.4 Å². The monoisotopic (exact) mass is 426 g/mol. The predicted octanol–water partition coefficient (Wildman–Crippen LogP) is 3.65. The van der Waals surface area contributed by atoms with Gasteiger partial charge < -0.3 is 15.4 Å². The van der Waals surface area contributed by atoms with Gasteiger partial charge >= 0.3 is 0 Å². The summed E-state index contributed by atoms with van der Waals surface area (Å²) in [5.41, 5.74) is 10.8. The van der Waals surface area contributed by atoms with Crippen molar-refractivity contribution >= 4 is 11.6 Å². The molecule has 1 fully saturated rings. The second-order valence-electron chi connectivity index (χ2n) is 7.87. The molecule has 162 valence electrons. The number of nitriles is 1. The van der Waals surface area contributed by atoms with Gasteiger partial charge in [0.15, 0.2) is 0 Å². The maximum Gasteiger partial charge on any atom is 0.248 e. The molecule has 1 aliphatic rings. The lowest BCUT2D eigenvalue weighted by atomic mass is 9.99. The number of rotatable bonds is 6. The van der Waals surface area contributed by atoms with Crippen molar-refractivity contribution in [3.05, 3.63) is 83.4 Å². The first-order chi connectivity index (χ1) is 15.6. The fraction of sp³-hybridized carbons (Fsp3) is 0.231. The van der Waals surface area contributed by atoms with Crippen LogP contribution in [0, 0.1) is 11.3 Å². The van der Waals surface area contributed by atoms with Gasteiger partial charge in [-0.05, 0) is 41.0 Å². The van der Waals surface area contributed by atoms with Crippen LogP contribution in [-0.2, 0) is 6.54 Å². The average Bonchev–Trinajstić information content (AvgIpc) is 2.84. The molecule has 1 heterocycles. The van der Waals surface area contributed by atoms with Crippen LogP contribution in [0.15, 0.2) is 66.7 Å². The fourth-order valence-electron chi connectivity index (χ4n) is 4.12. The zero-order valence-electron chi connectivity index (χ0n) is 18.1. The van der Waals surface area contributed by atoms with E-state index in [4.69, 9.17) is 10.5 Å². The first kappa shape index (κ1) is 21.4. The molecule has 0 aliphatic carbocycles. The summed E-state index contributed by atoms with van der Waals surface area (Å²) in [5, 5.41) is 9.34. The van der Waals surface area contributed by atoms with Crippen molar-refractivity contribution in [3.63, 3.8) is 0 Å². The molecule has 2 N–H and O–H groups in total. The highest BCUT2D eigenvalue weighted by Crippen LogP contribution is 2.30. The van der Waals surface area contributed by atoms with Gasteiger partial charge in [-0.3, -0.25) is 9.69 Å². The summed E-state index contributed by atoms with van der Waals surface area (Å²) in [4.78, 5) is 16.2. The SMILES string of the molecule is COc1ccc(C(N)=O)cc1N1CCN(Cc2ccc(-c3ccccc3C#N)cc2)CC1. The fourth-order valence-corrected chi connectivity index (χ4v) is 4.12. The Morgan fingerprint density at radius 3 is 2.41 bits per heavy atom. The van der Waals surface area contributed by atoms with Crippen molar-refractivity contribution in [2.24, 2.45) is 5.73 Å². The number of amides is 1. The van der Waals surface area contributed by atoms with Crippen LogP contribution in [-0.4, -0.2) is 44.1 Å². The highest BCUT2D eigenvalue weighted by Gasteiger charge is 2.21. The van der Waals surface area contributed by atoms with Crippen molar-refractivity contribution in [1.29, 1.82) is 5.26 Å². The number of nitrogens with zero attached hydrogens (tertiary/aromatic N) is 3. The van der Waals surface area contributed by atoms with E-state index in [9.17, 15) is 10.1 Å². The number of piperazine rings is 1. The first-order valence-corrected chi connectivity index (χ1v) is 10.6. The molecule has 0 spiro atoms. The summed E-state index contributed by atoms with van der Waals surface area (Å²) in [7, 11) is 1.64. The molecule has 1 aliphatic heterocycles. The second-order valence-corrected chi connectivity index (χ2v) is 7.87. The summed E-state index contributed by atoms with van der Waals surface area (Å²) in [5.74, 6) is 0.310. The molecular formula is C26H26N4O2. The molecule has 0 bridgehead atoms. The quantitative estimate of drug-likeness (QED) is 0.651. The van der Waals surface area contributed by atoms with E-state index in [1.54, 1.807) is 19.2 Å². The third-order valence-corrected chi connectivity index (χ3v) is 5.89. The maximum atomic E-state index is 11.6. The third kappa shape index (κ3) is 4.58. The molecule has 6 nitrogen and oxygen atoms in total. The van der Waals surface area contributed by atoms with Crippen molar-refractivity contribution in [1.82, 2.24) is 4.90 Å². The Labute approximate surface area is 188 Å². The minimum atomic E-state index is -0.437. The number of primary amides is 1. The van der Waals surface area contributed by atoms with Gasteiger partial charge in [-0.2, -0.15) is 5.26 Å². The molecule has 3 aromatic carbocycles. The molecule has 0 radical (unpaired) electrons. The topological polar surface area (TPSA) is 82.6 Å². The average molecular weight is 427 g/mol. The van der Waals surface area contributed by atoms with Crippen LogP contribution in [0.3, 0.4) is 0 Å². The Kier molecular flexibility index (Phi) is 6.39. The Balaban J connectivity index is 1.40. The number of nitrogens with two attached hydrogens (primary N) is 1. The van der Waals surface area contributed by atoms with E-state index >= 15 is 0 Å². The zero-order valence-corrected chi connectivity index (χ0v) is 18.1. The zero-order chi connectivity index (χ0) is 22.5. The molecular weight excluding hydrogens is 400 g/mol. The van der Waals surface area contributed by atoms with Gasteiger partial charge in [0.25, 0.3) is 0 Å².